The molecular weight excluding hydrogens is 272 g/mol. The Morgan fingerprint density at radius 2 is 2.24 bits per heavy atom. The third kappa shape index (κ3) is 3.07. The van der Waals surface area contributed by atoms with Crippen molar-refractivity contribution in [2.75, 3.05) is 13.6 Å². The number of hydrogen-bond donors (Lipinski definition) is 3. The summed E-state index contributed by atoms with van der Waals surface area (Å²) < 4.78 is 0. The summed E-state index contributed by atoms with van der Waals surface area (Å²) in [4.78, 5) is 31.6. The molecule has 2 amide bonds. The van der Waals surface area contributed by atoms with Crippen LogP contribution in [0.25, 0.3) is 0 Å². The molecule has 0 spiro atoms. The minimum absolute atomic E-state index is 0.0285. The summed E-state index contributed by atoms with van der Waals surface area (Å²) in [6, 6.07) is -0.217. The van der Waals surface area contributed by atoms with Gasteiger partial charge in [0, 0.05) is 13.6 Å². The van der Waals surface area contributed by atoms with Crippen LogP contribution in [0.5, 0.6) is 0 Å². The van der Waals surface area contributed by atoms with E-state index in [4.69, 9.17) is 5.11 Å². The number of nitrogens with zero attached hydrogens (tertiary/aromatic N) is 2. The zero-order chi connectivity index (χ0) is 15.6. The van der Waals surface area contributed by atoms with Gasteiger partial charge in [-0.15, -0.1) is 0 Å². The molecule has 1 aliphatic carbocycles. The molecule has 114 valence electrons. The van der Waals surface area contributed by atoms with Gasteiger partial charge in [-0.2, -0.15) is 0 Å². The fraction of sp³-hybridized carbons (Fsp3) is 0.500. The Balaban J connectivity index is 2.12. The molecule has 0 aliphatic heterocycles. The molecule has 1 heterocycles. The van der Waals surface area contributed by atoms with Gasteiger partial charge in [-0.05, 0) is 26.2 Å². The number of aromatic amines is 1. The molecule has 1 aromatic rings. The molecule has 0 atom stereocenters. The van der Waals surface area contributed by atoms with Crippen molar-refractivity contribution in [2.24, 2.45) is 0 Å². The number of imidazole rings is 1. The van der Waals surface area contributed by atoms with Crippen LogP contribution >= 0.6 is 0 Å². The molecule has 7 nitrogen and oxygen atoms in total. The number of nitrogens with one attached hydrogen (secondary N) is 2. The lowest BCUT2D eigenvalue weighted by atomic mass is 9.76. The monoisotopic (exact) mass is 292 g/mol. The fourth-order valence-electron chi connectivity index (χ4n) is 2.40. The number of carboxylic acid groups (broad SMARTS) is 1. The Morgan fingerprint density at radius 1 is 1.57 bits per heavy atom. The summed E-state index contributed by atoms with van der Waals surface area (Å²) in [5.41, 5.74) is 0.330. The maximum absolute atomic E-state index is 12.2. The number of carboxylic acids is 1. The molecule has 0 saturated heterocycles. The summed E-state index contributed by atoms with van der Waals surface area (Å²) >= 11 is 0. The molecular formula is C14H20N4O3. The Morgan fingerprint density at radius 3 is 2.67 bits per heavy atom. The first-order valence-electron chi connectivity index (χ1n) is 6.80. The van der Waals surface area contributed by atoms with Crippen LogP contribution in [0, 0.1) is 0 Å². The lowest BCUT2D eigenvalue weighted by molar-refractivity contribution is 0.0690. The number of carbonyl (C=O) groups excluding carboxylic acids is 1. The van der Waals surface area contributed by atoms with Crippen molar-refractivity contribution in [3.05, 3.63) is 29.9 Å². The second-order valence-electron chi connectivity index (χ2n) is 5.63. The van der Waals surface area contributed by atoms with E-state index in [-0.39, 0.29) is 11.7 Å². The van der Waals surface area contributed by atoms with Crippen molar-refractivity contribution in [1.29, 1.82) is 0 Å². The van der Waals surface area contributed by atoms with Gasteiger partial charge in [0.25, 0.3) is 0 Å². The average molecular weight is 292 g/mol. The van der Waals surface area contributed by atoms with E-state index in [9.17, 15) is 9.59 Å². The van der Waals surface area contributed by atoms with Crippen LogP contribution in [-0.4, -0.2) is 45.6 Å². The van der Waals surface area contributed by atoms with E-state index in [0.717, 1.165) is 24.8 Å². The molecule has 2 rings (SSSR count). The highest BCUT2D eigenvalue weighted by Crippen LogP contribution is 2.39. The molecule has 1 aliphatic rings. The van der Waals surface area contributed by atoms with Crippen LogP contribution in [0.3, 0.4) is 0 Å². The third-order valence-corrected chi connectivity index (χ3v) is 3.67. The van der Waals surface area contributed by atoms with E-state index >= 15 is 0 Å². The Hall–Kier alpha value is -2.31. The molecule has 0 unspecified atom stereocenters. The lowest BCUT2D eigenvalue weighted by Gasteiger charge is -2.41. The number of urea groups is 1. The quantitative estimate of drug-likeness (QED) is 0.719. The molecule has 1 saturated carbocycles. The van der Waals surface area contributed by atoms with Crippen LogP contribution in [0.4, 0.5) is 4.79 Å². The maximum atomic E-state index is 12.2. The number of aromatic carboxylic acids is 1. The van der Waals surface area contributed by atoms with Crippen molar-refractivity contribution in [3.8, 4) is 0 Å². The van der Waals surface area contributed by atoms with Crippen LogP contribution in [0.2, 0.25) is 0 Å². The highest BCUT2D eigenvalue weighted by Gasteiger charge is 2.43. The molecule has 3 N–H and O–H groups in total. The van der Waals surface area contributed by atoms with Crippen LogP contribution in [0.1, 0.15) is 42.5 Å². The smallest absolute Gasteiger partial charge is 0.353 e. The number of likely N-dealkylation sites (N-methyl/N-ethyl adjacent to an activating group) is 1. The van der Waals surface area contributed by atoms with E-state index < -0.39 is 11.5 Å². The number of aromatic nitrogens is 2. The lowest BCUT2D eigenvalue weighted by Crippen LogP contribution is -2.55. The average Bonchev–Trinajstić information content (AvgIpc) is 2.82. The van der Waals surface area contributed by atoms with Gasteiger partial charge in [-0.25, -0.2) is 14.6 Å². The normalized spacial score (nSPS) is 15.9. The first-order chi connectivity index (χ1) is 9.84. The van der Waals surface area contributed by atoms with Crippen molar-refractivity contribution in [3.63, 3.8) is 0 Å². The van der Waals surface area contributed by atoms with Gasteiger partial charge in [0.15, 0.2) is 0 Å². The Kier molecular flexibility index (Phi) is 4.02. The summed E-state index contributed by atoms with van der Waals surface area (Å²) in [7, 11) is 1.70. The van der Waals surface area contributed by atoms with E-state index in [1.54, 1.807) is 11.9 Å². The van der Waals surface area contributed by atoms with E-state index in [1.165, 1.54) is 6.20 Å². The Bertz CT molecular complexity index is 575. The van der Waals surface area contributed by atoms with Gasteiger partial charge in [-0.3, -0.25) is 0 Å². The fourth-order valence-corrected chi connectivity index (χ4v) is 2.40. The van der Waals surface area contributed by atoms with Gasteiger partial charge in [-0.1, -0.05) is 12.2 Å². The molecule has 0 aromatic carbocycles. The van der Waals surface area contributed by atoms with Gasteiger partial charge < -0.3 is 20.3 Å². The number of carbonyl (C=O) groups is 2. The molecule has 1 aromatic heterocycles. The van der Waals surface area contributed by atoms with Crippen molar-refractivity contribution < 1.29 is 14.7 Å². The Labute approximate surface area is 123 Å². The standard InChI is InChI=1S/C14H20N4O3/c1-9(2)8-18(3)13(21)17-14(5-4-6-14)12-15-7-10(16-12)11(19)20/h7H,1,4-6,8H2,2-3H3,(H,15,16)(H,17,21)(H,19,20). The van der Waals surface area contributed by atoms with Crippen LogP contribution < -0.4 is 5.32 Å². The zero-order valence-corrected chi connectivity index (χ0v) is 12.3. The van der Waals surface area contributed by atoms with Crippen molar-refractivity contribution in [1.82, 2.24) is 20.2 Å². The zero-order valence-electron chi connectivity index (χ0n) is 12.3. The van der Waals surface area contributed by atoms with Gasteiger partial charge >= 0.3 is 12.0 Å². The number of amides is 2. The number of hydrogen-bond acceptors (Lipinski definition) is 3. The van der Waals surface area contributed by atoms with Gasteiger partial charge in [0.1, 0.15) is 11.5 Å². The third-order valence-electron chi connectivity index (χ3n) is 3.67. The second kappa shape index (κ2) is 5.59. The van der Waals surface area contributed by atoms with E-state index in [2.05, 4.69) is 21.9 Å². The van der Waals surface area contributed by atoms with Gasteiger partial charge in [0.2, 0.25) is 0 Å². The summed E-state index contributed by atoms with van der Waals surface area (Å²) in [6.45, 7) is 6.11. The van der Waals surface area contributed by atoms with Crippen molar-refractivity contribution in [2.45, 2.75) is 31.7 Å². The molecule has 7 heteroatoms. The minimum Gasteiger partial charge on any atom is -0.477 e. The first-order valence-corrected chi connectivity index (χ1v) is 6.80. The van der Waals surface area contributed by atoms with E-state index in [1.807, 2.05) is 6.92 Å². The summed E-state index contributed by atoms with van der Waals surface area (Å²) in [5.74, 6) is -0.558. The minimum atomic E-state index is -1.06. The highest BCUT2D eigenvalue weighted by atomic mass is 16.4. The molecule has 0 bridgehead atoms. The molecule has 1 fully saturated rings. The predicted octanol–water partition coefficient (Wildman–Crippen LogP) is 1.70. The van der Waals surface area contributed by atoms with E-state index in [0.29, 0.717) is 12.4 Å². The summed E-state index contributed by atoms with van der Waals surface area (Å²) in [6.07, 6.45) is 3.73. The SMILES string of the molecule is C=C(C)CN(C)C(=O)NC1(c2ncc(C(=O)O)[nH]2)CCC1. The number of rotatable bonds is 5. The van der Waals surface area contributed by atoms with Crippen LogP contribution in [0.15, 0.2) is 18.3 Å². The maximum Gasteiger partial charge on any atom is 0.353 e. The number of H-pyrrole nitrogens is 1. The van der Waals surface area contributed by atoms with Crippen LogP contribution in [-0.2, 0) is 5.54 Å². The summed E-state index contributed by atoms with van der Waals surface area (Å²) in [5, 5.41) is 11.9. The molecule has 0 radical (unpaired) electrons. The first kappa shape index (κ1) is 15.1. The second-order valence-corrected chi connectivity index (χ2v) is 5.63. The topological polar surface area (TPSA) is 98.3 Å². The predicted molar refractivity (Wildman–Crippen MR) is 77.1 cm³/mol. The largest absolute Gasteiger partial charge is 0.477 e. The van der Waals surface area contributed by atoms with Crippen molar-refractivity contribution >= 4 is 12.0 Å². The van der Waals surface area contributed by atoms with Gasteiger partial charge in [0.05, 0.1) is 11.7 Å². The molecule has 21 heavy (non-hydrogen) atoms. The highest BCUT2D eigenvalue weighted by molar-refractivity contribution is 5.85.